The minimum Gasteiger partial charge on any atom is -0.477 e. The first-order valence-electron chi connectivity index (χ1n) is 8.14. The van der Waals surface area contributed by atoms with Gasteiger partial charge < -0.3 is 10.4 Å². The standard InChI is InChI=1S/C19H18N4O3/c24-18(8-12-23-17(19(25)26)7-11-21-23)22-16-3-1-14(2-4-16)13-15-5-9-20-10-6-15/h1-7,9-11H,8,12-13H2,(H,22,24)(H,25,26). The Morgan fingerprint density at radius 1 is 0.962 bits per heavy atom. The van der Waals surface area contributed by atoms with Crippen molar-refractivity contribution in [2.24, 2.45) is 0 Å². The van der Waals surface area contributed by atoms with E-state index in [-0.39, 0.29) is 24.6 Å². The molecule has 132 valence electrons. The molecule has 2 N–H and O–H groups in total. The van der Waals surface area contributed by atoms with Crippen molar-refractivity contribution in [2.75, 3.05) is 5.32 Å². The van der Waals surface area contributed by atoms with Crippen molar-refractivity contribution in [3.05, 3.63) is 77.9 Å². The number of pyridine rings is 1. The summed E-state index contributed by atoms with van der Waals surface area (Å²) in [5.41, 5.74) is 3.08. The van der Waals surface area contributed by atoms with Crippen LogP contribution in [0.2, 0.25) is 0 Å². The third-order valence-electron chi connectivity index (χ3n) is 3.88. The second-order valence-electron chi connectivity index (χ2n) is 5.77. The molecule has 0 aliphatic heterocycles. The Hall–Kier alpha value is -3.48. The fraction of sp³-hybridized carbons (Fsp3) is 0.158. The molecule has 2 heterocycles. The van der Waals surface area contributed by atoms with Crippen LogP contribution in [0.4, 0.5) is 5.69 Å². The van der Waals surface area contributed by atoms with Gasteiger partial charge in [-0.15, -0.1) is 0 Å². The number of carboxylic acids is 1. The molecule has 26 heavy (non-hydrogen) atoms. The highest BCUT2D eigenvalue weighted by molar-refractivity contribution is 5.90. The summed E-state index contributed by atoms with van der Waals surface area (Å²) in [5, 5.41) is 15.7. The van der Waals surface area contributed by atoms with E-state index in [1.807, 2.05) is 36.4 Å². The molecular weight excluding hydrogens is 332 g/mol. The Balaban J connectivity index is 1.53. The van der Waals surface area contributed by atoms with Gasteiger partial charge in [0, 0.05) is 30.7 Å². The molecule has 0 spiro atoms. The zero-order valence-electron chi connectivity index (χ0n) is 14.0. The lowest BCUT2D eigenvalue weighted by Gasteiger charge is -2.08. The highest BCUT2D eigenvalue weighted by atomic mass is 16.4. The highest BCUT2D eigenvalue weighted by Gasteiger charge is 2.11. The van der Waals surface area contributed by atoms with Gasteiger partial charge in [-0.25, -0.2) is 4.79 Å². The normalized spacial score (nSPS) is 10.5. The topological polar surface area (TPSA) is 97.1 Å². The Labute approximate surface area is 150 Å². The van der Waals surface area contributed by atoms with Crippen LogP contribution in [-0.2, 0) is 17.8 Å². The quantitative estimate of drug-likeness (QED) is 0.683. The molecule has 0 atom stereocenters. The molecule has 0 aliphatic carbocycles. The van der Waals surface area contributed by atoms with Gasteiger partial charge in [0.1, 0.15) is 5.69 Å². The van der Waals surface area contributed by atoms with Crippen molar-refractivity contribution in [1.82, 2.24) is 14.8 Å². The van der Waals surface area contributed by atoms with Gasteiger partial charge in [-0.2, -0.15) is 5.10 Å². The number of benzene rings is 1. The van der Waals surface area contributed by atoms with E-state index < -0.39 is 5.97 Å². The maximum absolute atomic E-state index is 12.1. The van der Waals surface area contributed by atoms with Crippen molar-refractivity contribution in [3.8, 4) is 0 Å². The van der Waals surface area contributed by atoms with E-state index in [0.717, 1.165) is 12.0 Å². The van der Waals surface area contributed by atoms with E-state index in [9.17, 15) is 9.59 Å². The minimum absolute atomic E-state index is 0.0678. The largest absolute Gasteiger partial charge is 0.477 e. The molecule has 0 bridgehead atoms. The summed E-state index contributed by atoms with van der Waals surface area (Å²) in [6, 6.07) is 13.0. The summed E-state index contributed by atoms with van der Waals surface area (Å²) < 4.78 is 1.31. The number of hydrogen-bond acceptors (Lipinski definition) is 4. The fourth-order valence-corrected chi connectivity index (χ4v) is 2.57. The predicted molar refractivity (Wildman–Crippen MR) is 95.9 cm³/mol. The van der Waals surface area contributed by atoms with E-state index in [2.05, 4.69) is 15.4 Å². The molecule has 0 fully saturated rings. The number of nitrogens with zero attached hydrogens (tertiary/aromatic N) is 3. The van der Waals surface area contributed by atoms with Gasteiger partial charge in [0.15, 0.2) is 0 Å². The van der Waals surface area contributed by atoms with Gasteiger partial charge in [-0.3, -0.25) is 14.5 Å². The van der Waals surface area contributed by atoms with Crippen LogP contribution >= 0.6 is 0 Å². The summed E-state index contributed by atoms with van der Waals surface area (Å²) in [5.74, 6) is -1.26. The summed E-state index contributed by atoms with van der Waals surface area (Å²) in [6.07, 6.45) is 5.87. The molecule has 0 unspecified atom stereocenters. The first-order chi connectivity index (χ1) is 12.6. The number of aromatic nitrogens is 3. The minimum atomic E-state index is -1.06. The number of hydrogen-bond donors (Lipinski definition) is 2. The van der Waals surface area contributed by atoms with Gasteiger partial charge in [0.2, 0.25) is 5.91 Å². The van der Waals surface area contributed by atoms with Crippen LogP contribution in [0.3, 0.4) is 0 Å². The highest BCUT2D eigenvalue weighted by Crippen LogP contribution is 2.13. The molecule has 0 aliphatic rings. The number of anilines is 1. The molecule has 0 saturated heterocycles. The zero-order valence-corrected chi connectivity index (χ0v) is 14.0. The van der Waals surface area contributed by atoms with Gasteiger partial charge in [0.05, 0.1) is 6.54 Å². The number of nitrogens with one attached hydrogen (secondary N) is 1. The molecule has 7 heteroatoms. The van der Waals surface area contributed by atoms with Crippen LogP contribution in [0.15, 0.2) is 61.1 Å². The SMILES string of the molecule is O=C(CCn1nccc1C(=O)O)Nc1ccc(Cc2ccncc2)cc1. The maximum atomic E-state index is 12.1. The molecule has 3 rings (SSSR count). The number of aromatic carboxylic acids is 1. The van der Waals surface area contributed by atoms with Crippen LogP contribution in [0.1, 0.15) is 28.0 Å². The van der Waals surface area contributed by atoms with Crippen molar-refractivity contribution >= 4 is 17.6 Å². The second-order valence-corrected chi connectivity index (χ2v) is 5.77. The third-order valence-corrected chi connectivity index (χ3v) is 3.88. The second kappa shape index (κ2) is 8.06. The summed E-state index contributed by atoms with van der Waals surface area (Å²) in [6.45, 7) is 0.209. The van der Waals surface area contributed by atoms with E-state index in [1.165, 1.54) is 22.5 Å². The van der Waals surface area contributed by atoms with E-state index in [0.29, 0.717) is 5.69 Å². The van der Waals surface area contributed by atoms with Crippen molar-refractivity contribution < 1.29 is 14.7 Å². The predicted octanol–water partition coefficient (Wildman–Crippen LogP) is 2.60. The molecule has 0 saturated carbocycles. The van der Waals surface area contributed by atoms with E-state index in [4.69, 9.17) is 5.11 Å². The summed E-state index contributed by atoms with van der Waals surface area (Å²) >= 11 is 0. The molecule has 7 nitrogen and oxygen atoms in total. The number of aryl methyl sites for hydroxylation is 1. The average Bonchev–Trinajstić information content (AvgIpc) is 3.11. The number of carbonyl (C=O) groups is 2. The zero-order chi connectivity index (χ0) is 18.4. The fourth-order valence-electron chi connectivity index (χ4n) is 2.57. The smallest absolute Gasteiger partial charge is 0.354 e. The van der Waals surface area contributed by atoms with Crippen molar-refractivity contribution in [1.29, 1.82) is 0 Å². The molecular formula is C19H18N4O3. The van der Waals surface area contributed by atoms with Crippen LogP contribution < -0.4 is 5.32 Å². The lowest BCUT2D eigenvalue weighted by atomic mass is 10.1. The summed E-state index contributed by atoms with van der Waals surface area (Å²) in [4.78, 5) is 27.1. The lowest BCUT2D eigenvalue weighted by Crippen LogP contribution is -2.17. The van der Waals surface area contributed by atoms with Crippen LogP contribution in [0.25, 0.3) is 0 Å². The maximum Gasteiger partial charge on any atom is 0.354 e. The summed E-state index contributed by atoms with van der Waals surface area (Å²) in [7, 11) is 0. The van der Waals surface area contributed by atoms with Gasteiger partial charge in [-0.1, -0.05) is 12.1 Å². The first-order valence-corrected chi connectivity index (χ1v) is 8.14. The monoisotopic (exact) mass is 350 g/mol. The van der Waals surface area contributed by atoms with Gasteiger partial charge in [-0.05, 0) is 47.9 Å². The van der Waals surface area contributed by atoms with Gasteiger partial charge >= 0.3 is 5.97 Å². The molecule has 3 aromatic rings. The number of rotatable bonds is 7. The van der Waals surface area contributed by atoms with Crippen LogP contribution in [0, 0.1) is 0 Å². The molecule has 0 radical (unpaired) electrons. The van der Waals surface area contributed by atoms with Crippen molar-refractivity contribution in [2.45, 2.75) is 19.4 Å². The third kappa shape index (κ3) is 4.54. The Bertz CT molecular complexity index is 889. The van der Waals surface area contributed by atoms with Crippen LogP contribution in [-0.4, -0.2) is 31.7 Å². The average molecular weight is 350 g/mol. The molecule has 1 amide bonds. The van der Waals surface area contributed by atoms with Crippen molar-refractivity contribution in [3.63, 3.8) is 0 Å². The van der Waals surface area contributed by atoms with E-state index >= 15 is 0 Å². The Morgan fingerprint density at radius 3 is 2.35 bits per heavy atom. The first kappa shape index (κ1) is 17.3. The van der Waals surface area contributed by atoms with Gasteiger partial charge in [0.25, 0.3) is 0 Å². The number of carboxylic acid groups (broad SMARTS) is 1. The molecule has 2 aromatic heterocycles. The Kier molecular flexibility index (Phi) is 5.38. The lowest BCUT2D eigenvalue weighted by molar-refractivity contribution is -0.116. The number of amides is 1. The Morgan fingerprint density at radius 2 is 1.65 bits per heavy atom. The molecule has 1 aromatic carbocycles. The number of carbonyl (C=O) groups excluding carboxylic acids is 1. The van der Waals surface area contributed by atoms with Crippen LogP contribution in [0.5, 0.6) is 0 Å². The van der Waals surface area contributed by atoms with E-state index in [1.54, 1.807) is 12.4 Å².